The molecule has 0 aromatic heterocycles. The number of likely N-dealkylation sites (N-methyl/N-ethyl adjacent to an activating group) is 1. The van der Waals surface area contributed by atoms with Gasteiger partial charge in [-0.05, 0) is 51.1 Å². The summed E-state index contributed by atoms with van der Waals surface area (Å²) in [6.45, 7) is 3.45. The monoisotopic (exact) mass is 258 g/mol. The van der Waals surface area contributed by atoms with Crippen molar-refractivity contribution in [3.05, 3.63) is 35.9 Å². The lowest BCUT2D eigenvalue weighted by atomic mass is 10.0. The van der Waals surface area contributed by atoms with Gasteiger partial charge >= 0.3 is 0 Å². The predicted molar refractivity (Wildman–Crippen MR) is 80.2 cm³/mol. The quantitative estimate of drug-likeness (QED) is 0.808. The molecule has 3 rings (SSSR count). The summed E-state index contributed by atoms with van der Waals surface area (Å²) in [5, 5.41) is 3.82. The topological polar surface area (TPSA) is 15.3 Å². The van der Waals surface area contributed by atoms with Gasteiger partial charge in [-0.2, -0.15) is 0 Å². The zero-order chi connectivity index (χ0) is 13.2. The summed E-state index contributed by atoms with van der Waals surface area (Å²) in [5.74, 6) is 0.862. The van der Waals surface area contributed by atoms with Crippen LogP contribution in [0.4, 0.5) is 0 Å². The van der Waals surface area contributed by atoms with Gasteiger partial charge in [-0.1, -0.05) is 30.3 Å². The fraction of sp³-hybridized carbons (Fsp3) is 0.647. The van der Waals surface area contributed by atoms with Crippen molar-refractivity contribution in [1.82, 2.24) is 10.2 Å². The first-order valence-electron chi connectivity index (χ1n) is 7.76. The molecule has 0 spiro atoms. The van der Waals surface area contributed by atoms with Crippen molar-refractivity contribution in [1.29, 1.82) is 0 Å². The molecule has 2 saturated carbocycles. The van der Waals surface area contributed by atoms with E-state index in [9.17, 15) is 0 Å². The highest BCUT2D eigenvalue weighted by atomic mass is 15.2. The molecular weight excluding hydrogens is 232 g/mol. The minimum atomic E-state index is 0.566. The molecule has 2 aliphatic carbocycles. The Morgan fingerprint density at radius 3 is 2.42 bits per heavy atom. The van der Waals surface area contributed by atoms with Crippen LogP contribution in [0.3, 0.4) is 0 Å². The maximum atomic E-state index is 3.82. The molecule has 1 aromatic carbocycles. The van der Waals surface area contributed by atoms with E-state index < -0.39 is 0 Å². The van der Waals surface area contributed by atoms with Gasteiger partial charge in [0.15, 0.2) is 0 Å². The third kappa shape index (κ3) is 3.37. The van der Waals surface area contributed by atoms with Crippen molar-refractivity contribution in [2.45, 2.75) is 50.7 Å². The van der Waals surface area contributed by atoms with Crippen LogP contribution in [0.5, 0.6) is 0 Å². The van der Waals surface area contributed by atoms with Crippen LogP contribution < -0.4 is 5.32 Å². The Balaban J connectivity index is 1.56. The molecule has 0 radical (unpaired) electrons. The molecule has 2 atom stereocenters. The van der Waals surface area contributed by atoms with Gasteiger partial charge in [0, 0.05) is 24.7 Å². The van der Waals surface area contributed by atoms with Crippen molar-refractivity contribution >= 4 is 0 Å². The maximum Gasteiger partial charge on any atom is 0.0349 e. The molecule has 2 unspecified atom stereocenters. The second kappa shape index (κ2) is 5.64. The molecule has 2 aliphatic rings. The van der Waals surface area contributed by atoms with Crippen molar-refractivity contribution in [3.8, 4) is 0 Å². The Hall–Kier alpha value is -0.860. The van der Waals surface area contributed by atoms with Gasteiger partial charge < -0.3 is 5.32 Å². The smallest absolute Gasteiger partial charge is 0.0349 e. The zero-order valence-electron chi connectivity index (χ0n) is 12.2. The molecular formula is C17H26N2. The molecule has 2 fully saturated rings. The summed E-state index contributed by atoms with van der Waals surface area (Å²) in [7, 11) is 2.28. The highest BCUT2D eigenvalue weighted by molar-refractivity contribution is 5.21. The van der Waals surface area contributed by atoms with Crippen LogP contribution in [0.25, 0.3) is 0 Å². The lowest BCUT2D eigenvalue weighted by molar-refractivity contribution is 0.233. The fourth-order valence-corrected chi connectivity index (χ4v) is 2.93. The number of nitrogens with one attached hydrogen (secondary N) is 1. The maximum absolute atomic E-state index is 3.82. The summed E-state index contributed by atoms with van der Waals surface area (Å²) in [6, 6.07) is 13.0. The molecule has 1 N–H and O–H groups in total. The van der Waals surface area contributed by atoms with Crippen molar-refractivity contribution in [2.75, 3.05) is 13.6 Å². The number of hydrogen-bond donors (Lipinski definition) is 1. The van der Waals surface area contributed by atoms with E-state index in [0.29, 0.717) is 12.1 Å². The molecule has 2 heteroatoms. The van der Waals surface area contributed by atoms with E-state index in [1.165, 1.54) is 31.2 Å². The van der Waals surface area contributed by atoms with Gasteiger partial charge in [0.2, 0.25) is 0 Å². The Bertz CT molecular complexity index is 395. The van der Waals surface area contributed by atoms with Gasteiger partial charge in [0.05, 0.1) is 0 Å². The molecule has 19 heavy (non-hydrogen) atoms. The largest absolute Gasteiger partial charge is 0.308 e. The van der Waals surface area contributed by atoms with Crippen LogP contribution in [0.2, 0.25) is 0 Å². The first-order valence-corrected chi connectivity index (χ1v) is 7.76. The van der Waals surface area contributed by atoms with Crippen LogP contribution in [0, 0.1) is 5.92 Å². The molecule has 1 aromatic rings. The minimum absolute atomic E-state index is 0.566. The lowest BCUT2D eigenvalue weighted by Gasteiger charge is -2.27. The zero-order valence-corrected chi connectivity index (χ0v) is 12.2. The summed E-state index contributed by atoms with van der Waals surface area (Å²) < 4.78 is 0. The van der Waals surface area contributed by atoms with Gasteiger partial charge in [-0.3, -0.25) is 4.90 Å². The summed E-state index contributed by atoms with van der Waals surface area (Å²) >= 11 is 0. The van der Waals surface area contributed by atoms with Gasteiger partial charge in [-0.15, -0.1) is 0 Å². The van der Waals surface area contributed by atoms with E-state index >= 15 is 0 Å². The first-order chi connectivity index (χ1) is 9.25. The molecule has 0 amide bonds. The average molecular weight is 258 g/mol. The second-order valence-corrected chi connectivity index (χ2v) is 6.38. The number of nitrogens with zero attached hydrogens (tertiary/aromatic N) is 1. The van der Waals surface area contributed by atoms with E-state index in [1.54, 1.807) is 0 Å². The minimum Gasteiger partial charge on any atom is -0.308 e. The SMILES string of the molecule is CC(CNC(c1ccccc1)C1CC1)N(C)C1CC1. The summed E-state index contributed by atoms with van der Waals surface area (Å²) in [6.07, 6.45) is 5.57. The first kappa shape index (κ1) is 13.1. The highest BCUT2D eigenvalue weighted by Crippen LogP contribution is 2.41. The van der Waals surface area contributed by atoms with Crippen LogP contribution in [0.15, 0.2) is 30.3 Å². The predicted octanol–water partition coefficient (Wildman–Crippen LogP) is 3.21. The van der Waals surface area contributed by atoms with Crippen molar-refractivity contribution in [3.63, 3.8) is 0 Å². The third-order valence-electron chi connectivity index (χ3n) is 4.70. The summed E-state index contributed by atoms with van der Waals surface area (Å²) in [4.78, 5) is 2.54. The van der Waals surface area contributed by atoms with Crippen molar-refractivity contribution in [2.24, 2.45) is 5.92 Å². The average Bonchev–Trinajstić information content (AvgIpc) is 3.30. The normalized spacial score (nSPS) is 22.5. The van der Waals surface area contributed by atoms with E-state index in [4.69, 9.17) is 0 Å². The molecule has 104 valence electrons. The van der Waals surface area contributed by atoms with Gasteiger partial charge in [0.25, 0.3) is 0 Å². The highest BCUT2D eigenvalue weighted by Gasteiger charge is 2.33. The van der Waals surface area contributed by atoms with Crippen LogP contribution in [0.1, 0.15) is 44.2 Å². The molecule has 0 saturated heterocycles. The Morgan fingerprint density at radius 2 is 1.84 bits per heavy atom. The summed E-state index contributed by atoms with van der Waals surface area (Å²) in [5.41, 5.74) is 1.46. The van der Waals surface area contributed by atoms with Gasteiger partial charge in [-0.25, -0.2) is 0 Å². The Labute approximate surface area is 117 Å². The van der Waals surface area contributed by atoms with Crippen LogP contribution in [-0.4, -0.2) is 30.6 Å². The fourth-order valence-electron chi connectivity index (χ4n) is 2.93. The third-order valence-corrected chi connectivity index (χ3v) is 4.70. The number of hydrogen-bond acceptors (Lipinski definition) is 2. The second-order valence-electron chi connectivity index (χ2n) is 6.38. The number of rotatable bonds is 7. The van der Waals surface area contributed by atoms with Gasteiger partial charge in [0.1, 0.15) is 0 Å². The number of benzene rings is 1. The molecule has 0 heterocycles. The van der Waals surface area contributed by atoms with Crippen LogP contribution in [-0.2, 0) is 0 Å². The Kier molecular flexibility index (Phi) is 3.90. The Morgan fingerprint density at radius 1 is 1.16 bits per heavy atom. The molecule has 2 nitrogen and oxygen atoms in total. The van der Waals surface area contributed by atoms with Crippen LogP contribution >= 0.6 is 0 Å². The van der Waals surface area contributed by atoms with E-state index in [1.807, 2.05) is 0 Å². The van der Waals surface area contributed by atoms with Crippen molar-refractivity contribution < 1.29 is 0 Å². The van der Waals surface area contributed by atoms with E-state index in [2.05, 4.69) is 54.5 Å². The van der Waals surface area contributed by atoms with E-state index in [-0.39, 0.29) is 0 Å². The van der Waals surface area contributed by atoms with E-state index in [0.717, 1.165) is 18.5 Å². The lowest BCUT2D eigenvalue weighted by Crippen LogP contribution is -2.40. The standard InChI is InChI=1S/C17H26N2/c1-13(19(2)16-10-11-16)12-18-17(15-8-9-15)14-6-4-3-5-7-14/h3-7,13,15-18H,8-12H2,1-2H3. The molecule has 0 aliphatic heterocycles. The molecule has 0 bridgehead atoms.